The van der Waals surface area contributed by atoms with E-state index in [0.717, 1.165) is 37.7 Å². The van der Waals surface area contributed by atoms with E-state index in [0.29, 0.717) is 13.0 Å². The number of hydrogen-bond donors (Lipinski definition) is 0. The van der Waals surface area contributed by atoms with E-state index in [-0.39, 0.29) is 17.7 Å². The van der Waals surface area contributed by atoms with Crippen molar-refractivity contribution in [1.82, 2.24) is 4.90 Å². The van der Waals surface area contributed by atoms with Crippen molar-refractivity contribution >= 4 is 11.8 Å². The molecule has 1 unspecified atom stereocenters. The van der Waals surface area contributed by atoms with Crippen molar-refractivity contribution in [2.75, 3.05) is 6.54 Å². The molecule has 1 aliphatic heterocycles. The number of likely N-dealkylation sites (tertiary alicyclic amines) is 1. The van der Waals surface area contributed by atoms with Gasteiger partial charge in [0.1, 0.15) is 0 Å². The van der Waals surface area contributed by atoms with Crippen LogP contribution in [0.4, 0.5) is 0 Å². The molecule has 0 aromatic rings. The van der Waals surface area contributed by atoms with Crippen molar-refractivity contribution in [3.8, 4) is 0 Å². The first-order valence-electron chi connectivity index (χ1n) is 7.16. The van der Waals surface area contributed by atoms with Crippen molar-refractivity contribution in [3.05, 3.63) is 11.6 Å². The molecule has 1 rings (SSSR count). The van der Waals surface area contributed by atoms with E-state index in [2.05, 4.69) is 13.8 Å². The smallest absolute Gasteiger partial charge is 0.256 e. The average molecular weight is 251 g/mol. The van der Waals surface area contributed by atoms with Gasteiger partial charge in [0.25, 0.3) is 5.91 Å². The summed E-state index contributed by atoms with van der Waals surface area (Å²) in [7, 11) is 0. The van der Waals surface area contributed by atoms with Crippen LogP contribution in [0.2, 0.25) is 0 Å². The lowest BCUT2D eigenvalue weighted by Crippen LogP contribution is -2.44. The molecule has 3 heteroatoms. The van der Waals surface area contributed by atoms with Crippen LogP contribution in [-0.2, 0) is 9.59 Å². The summed E-state index contributed by atoms with van der Waals surface area (Å²) in [6, 6.07) is 0. The van der Waals surface area contributed by atoms with Crippen molar-refractivity contribution in [3.63, 3.8) is 0 Å². The Labute approximate surface area is 110 Å². The zero-order valence-electron chi connectivity index (χ0n) is 11.9. The summed E-state index contributed by atoms with van der Waals surface area (Å²) >= 11 is 0. The third-order valence-electron chi connectivity index (χ3n) is 3.46. The van der Waals surface area contributed by atoms with Crippen LogP contribution in [0.3, 0.4) is 0 Å². The van der Waals surface area contributed by atoms with Gasteiger partial charge in [-0.05, 0) is 18.8 Å². The average Bonchev–Trinajstić information content (AvgIpc) is 2.33. The van der Waals surface area contributed by atoms with E-state index >= 15 is 0 Å². The van der Waals surface area contributed by atoms with Gasteiger partial charge in [-0.15, -0.1) is 0 Å². The van der Waals surface area contributed by atoms with E-state index in [4.69, 9.17) is 0 Å². The predicted molar refractivity (Wildman–Crippen MR) is 73.0 cm³/mol. The normalized spacial score (nSPS) is 22.9. The lowest BCUT2D eigenvalue weighted by atomic mass is 9.90. The van der Waals surface area contributed by atoms with Crippen LogP contribution in [0.1, 0.15) is 59.3 Å². The zero-order chi connectivity index (χ0) is 13.5. The Morgan fingerprint density at radius 2 is 1.89 bits per heavy atom. The van der Waals surface area contributed by atoms with Crippen molar-refractivity contribution in [2.24, 2.45) is 5.92 Å². The second-order valence-electron chi connectivity index (χ2n) is 5.11. The molecule has 1 heterocycles. The third kappa shape index (κ3) is 3.69. The van der Waals surface area contributed by atoms with Gasteiger partial charge in [0.2, 0.25) is 5.91 Å². The topological polar surface area (TPSA) is 37.4 Å². The van der Waals surface area contributed by atoms with Crippen LogP contribution in [0.15, 0.2) is 11.6 Å². The number of piperidine rings is 1. The number of unbranched alkanes of at least 4 members (excludes halogenated alkanes) is 3. The van der Waals surface area contributed by atoms with E-state index in [1.54, 1.807) is 0 Å². The number of allylic oxidation sites excluding steroid dienone is 1. The number of hydrogen-bond acceptors (Lipinski definition) is 2. The van der Waals surface area contributed by atoms with Gasteiger partial charge in [-0.25, -0.2) is 0 Å². The highest BCUT2D eigenvalue weighted by Gasteiger charge is 2.33. The largest absolute Gasteiger partial charge is 0.279 e. The van der Waals surface area contributed by atoms with Gasteiger partial charge in [-0.3, -0.25) is 14.5 Å². The molecule has 2 amide bonds. The molecule has 102 valence electrons. The molecule has 18 heavy (non-hydrogen) atoms. The van der Waals surface area contributed by atoms with Crippen molar-refractivity contribution in [2.45, 2.75) is 59.3 Å². The molecule has 0 spiro atoms. The predicted octanol–water partition coefficient (Wildman–Crippen LogP) is 3.30. The Hall–Kier alpha value is -1.12. The minimum Gasteiger partial charge on any atom is -0.279 e. The fourth-order valence-corrected chi connectivity index (χ4v) is 2.25. The number of nitrogens with zero attached hydrogens (tertiary/aromatic N) is 1. The summed E-state index contributed by atoms with van der Waals surface area (Å²) in [4.78, 5) is 25.6. The van der Waals surface area contributed by atoms with E-state index in [9.17, 15) is 9.59 Å². The highest BCUT2D eigenvalue weighted by Crippen LogP contribution is 2.25. The maximum Gasteiger partial charge on any atom is 0.256 e. The van der Waals surface area contributed by atoms with Crippen LogP contribution in [0.25, 0.3) is 0 Å². The first-order valence-corrected chi connectivity index (χ1v) is 7.16. The van der Waals surface area contributed by atoms with Crippen LogP contribution < -0.4 is 0 Å². The third-order valence-corrected chi connectivity index (χ3v) is 3.46. The Morgan fingerprint density at radius 3 is 2.50 bits per heavy atom. The summed E-state index contributed by atoms with van der Waals surface area (Å²) in [6.07, 6.45) is 7.60. The van der Waals surface area contributed by atoms with Gasteiger partial charge >= 0.3 is 0 Å². The second kappa shape index (κ2) is 7.34. The maximum absolute atomic E-state index is 12.3. The van der Waals surface area contributed by atoms with E-state index in [1.807, 2.05) is 13.0 Å². The molecule has 1 atom stereocenters. The van der Waals surface area contributed by atoms with E-state index in [1.165, 1.54) is 4.90 Å². The number of amides is 2. The molecule has 0 aromatic carbocycles. The zero-order valence-corrected chi connectivity index (χ0v) is 11.9. The first-order chi connectivity index (χ1) is 8.61. The summed E-state index contributed by atoms with van der Waals surface area (Å²) in [5, 5.41) is 0. The van der Waals surface area contributed by atoms with Gasteiger partial charge < -0.3 is 0 Å². The minimum atomic E-state index is -0.0525. The number of rotatable bonds is 6. The summed E-state index contributed by atoms with van der Waals surface area (Å²) < 4.78 is 0. The van der Waals surface area contributed by atoms with Crippen molar-refractivity contribution < 1.29 is 9.59 Å². The summed E-state index contributed by atoms with van der Waals surface area (Å²) in [5.41, 5.74) is 0.846. The molecule has 3 nitrogen and oxygen atoms in total. The minimum absolute atomic E-state index is 0.00593. The number of carbonyl (C=O) groups is 2. The van der Waals surface area contributed by atoms with Gasteiger partial charge in [0, 0.05) is 18.5 Å². The fraction of sp³-hybridized carbons (Fsp3) is 0.733. The summed E-state index contributed by atoms with van der Waals surface area (Å²) in [6.45, 7) is 6.76. The van der Waals surface area contributed by atoms with Crippen LogP contribution >= 0.6 is 0 Å². The molecule has 0 saturated carbocycles. The van der Waals surface area contributed by atoms with E-state index < -0.39 is 0 Å². The molecule has 0 radical (unpaired) electrons. The lowest BCUT2D eigenvalue weighted by molar-refractivity contribution is -0.145. The quantitative estimate of drug-likeness (QED) is 0.412. The SMILES string of the molecule is CCCC/C=C1/C(=O)N(CCCC)C(=O)CC1C. The monoisotopic (exact) mass is 251 g/mol. The highest BCUT2D eigenvalue weighted by molar-refractivity contribution is 6.07. The van der Waals surface area contributed by atoms with Gasteiger partial charge in [0.05, 0.1) is 0 Å². The van der Waals surface area contributed by atoms with Crippen LogP contribution in [0, 0.1) is 5.92 Å². The number of imide groups is 1. The molecule has 1 aliphatic rings. The standard InChI is InChI=1S/C15H25NO2/c1-4-6-8-9-13-12(3)11-14(17)16(15(13)18)10-7-5-2/h9,12H,4-8,10-11H2,1-3H3/b13-9+. The molecule has 1 saturated heterocycles. The Balaban J connectivity index is 2.75. The molecular formula is C15H25NO2. The highest BCUT2D eigenvalue weighted by atomic mass is 16.2. The molecule has 1 fully saturated rings. The van der Waals surface area contributed by atoms with Gasteiger partial charge in [-0.1, -0.05) is 46.1 Å². The Kier molecular flexibility index (Phi) is 6.10. The molecule has 0 N–H and O–H groups in total. The van der Waals surface area contributed by atoms with Crippen LogP contribution in [0.5, 0.6) is 0 Å². The Bertz CT molecular complexity index is 333. The summed E-state index contributed by atoms with van der Waals surface area (Å²) in [5.74, 6) is 0.0247. The lowest BCUT2D eigenvalue weighted by Gasteiger charge is -2.30. The molecule has 0 aliphatic carbocycles. The Morgan fingerprint density at radius 1 is 1.22 bits per heavy atom. The van der Waals surface area contributed by atoms with Crippen LogP contribution in [-0.4, -0.2) is 23.3 Å². The molecular weight excluding hydrogens is 226 g/mol. The number of carbonyl (C=O) groups excluding carboxylic acids is 2. The first kappa shape index (κ1) is 14.9. The maximum atomic E-state index is 12.3. The van der Waals surface area contributed by atoms with Crippen molar-refractivity contribution in [1.29, 1.82) is 0 Å². The second-order valence-corrected chi connectivity index (χ2v) is 5.11. The molecule has 0 bridgehead atoms. The fourth-order valence-electron chi connectivity index (χ4n) is 2.25. The molecule has 0 aromatic heterocycles. The van der Waals surface area contributed by atoms with Gasteiger partial charge in [-0.2, -0.15) is 0 Å². The van der Waals surface area contributed by atoms with Gasteiger partial charge in [0.15, 0.2) is 0 Å².